The number of rotatable bonds is 3. The van der Waals surface area contributed by atoms with Crippen molar-refractivity contribution in [2.45, 2.75) is 13.5 Å². The van der Waals surface area contributed by atoms with Crippen molar-refractivity contribution in [2.75, 3.05) is 11.1 Å². The van der Waals surface area contributed by atoms with Crippen molar-refractivity contribution < 1.29 is 0 Å². The molecule has 0 spiro atoms. The molecule has 0 saturated carbocycles. The van der Waals surface area contributed by atoms with E-state index >= 15 is 0 Å². The quantitative estimate of drug-likeness (QED) is 0.712. The molecule has 0 aliphatic carbocycles. The predicted octanol–water partition coefficient (Wildman–Crippen LogP) is 1.91. The molecule has 2 heterocycles. The van der Waals surface area contributed by atoms with Gasteiger partial charge in [-0.05, 0) is 30.2 Å². The first-order valence-electron chi connectivity index (χ1n) is 4.83. The lowest BCUT2D eigenvalue weighted by Crippen LogP contribution is -2.03. The van der Waals surface area contributed by atoms with Crippen LogP contribution >= 0.6 is 0 Å². The molecular formula is C11H14N4. The highest BCUT2D eigenvalue weighted by molar-refractivity contribution is 5.50. The predicted molar refractivity (Wildman–Crippen MR) is 61.5 cm³/mol. The van der Waals surface area contributed by atoms with E-state index in [0.717, 1.165) is 17.9 Å². The van der Waals surface area contributed by atoms with Gasteiger partial charge < -0.3 is 16.0 Å². The third-order valence-electron chi connectivity index (χ3n) is 2.22. The Morgan fingerprint density at radius 1 is 1.53 bits per heavy atom. The third kappa shape index (κ3) is 2.28. The van der Waals surface area contributed by atoms with Crippen LogP contribution in [0.25, 0.3) is 0 Å². The first kappa shape index (κ1) is 9.58. The van der Waals surface area contributed by atoms with Crippen molar-refractivity contribution >= 4 is 11.5 Å². The van der Waals surface area contributed by atoms with Crippen LogP contribution in [0.15, 0.2) is 30.7 Å². The Labute approximate surface area is 88.5 Å². The fraction of sp³-hybridized carbons (Fsp3) is 0.182. The third-order valence-corrected chi connectivity index (χ3v) is 2.22. The molecule has 15 heavy (non-hydrogen) atoms. The van der Waals surface area contributed by atoms with E-state index in [4.69, 9.17) is 5.73 Å². The highest BCUT2D eigenvalue weighted by Gasteiger charge is 1.99. The average Bonchev–Trinajstić information content (AvgIpc) is 2.69. The molecule has 2 aromatic rings. The Bertz CT molecular complexity index is 434. The Balaban J connectivity index is 2.05. The molecule has 4 nitrogen and oxygen atoms in total. The fourth-order valence-corrected chi connectivity index (χ4v) is 1.44. The molecule has 2 aromatic heterocycles. The van der Waals surface area contributed by atoms with Gasteiger partial charge in [0.2, 0.25) is 0 Å². The zero-order chi connectivity index (χ0) is 10.7. The number of hydrogen-bond acceptors (Lipinski definition) is 3. The van der Waals surface area contributed by atoms with Crippen molar-refractivity contribution in [3.8, 4) is 0 Å². The van der Waals surface area contributed by atoms with Gasteiger partial charge in [-0.15, -0.1) is 0 Å². The summed E-state index contributed by atoms with van der Waals surface area (Å²) in [5.41, 5.74) is 8.58. The monoisotopic (exact) mass is 202 g/mol. The SMILES string of the molecule is Cc1cc(N)cnc1NCc1cc[nH]c1. The van der Waals surface area contributed by atoms with Gasteiger partial charge in [0.25, 0.3) is 0 Å². The maximum absolute atomic E-state index is 5.62. The lowest BCUT2D eigenvalue weighted by Gasteiger charge is -2.07. The minimum absolute atomic E-state index is 0.694. The number of aromatic amines is 1. The maximum atomic E-state index is 5.62. The number of hydrogen-bond donors (Lipinski definition) is 3. The Morgan fingerprint density at radius 2 is 2.40 bits per heavy atom. The number of nitrogens with two attached hydrogens (primary N) is 1. The molecule has 0 unspecified atom stereocenters. The van der Waals surface area contributed by atoms with Crippen molar-refractivity contribution in [1.29, 1.82) is 0 Å². The average molecular weight is 202 g/mol. The standard InChI is InChI=1S/C11H14N4/c1-8-4-10(12)7-15-11(8)14-6-9-2-3-13-5-9/h2-5,7,13H,6,12H2,1H3,(H,14,15). The maximum Gasteiger partial charge on any atom is 0.129 e. The number of pyridine rings is 1. The summed E-state index contributed by atoms with van der Waals surface area (Å²) in [5.74, 6) is 0.880. The second-order valence-electron chi connectivity index (χ2n) is 3.51. The van der Waals surface area contributed by atoms with Crippen molar-refractivity contribution in [3.05, 3.63) is 41.9 Å². The van der Waals surface area contributed by atoms with E-state index in [0.29, 0.717) is 5.69 Å². The van der Waals surface area contributed by atoms with E-state index in [1.807, 2.05) is 31.5 Å². The molecule has 0 saturated heterocycles. The number of nitrogens with zero attached hydrogens (tertiary/aromatic N) is 1. The molecule has 2 rings (SSSR count). The van der Waals surface area contributed by atoms with Gasteiger partial charge in [-0.25, -0.2) is 4.98 Å². The fourth-order valence-electron chi connectivity index (χ4n) is 1.44. The molecule has 0 atom stereocenters. The first-order valence-corrected chi connectivity index (χ1v) is 4.83. The van der Waals surface area contributed by atoms with E-state index in [1.165, 1.54) is 5.56 Å². The summed E-state index contributed by atoms with van der Waals surface area (Å²) in [7, 11) is 0. The summed E-state index contributed by atoms with van der Waals surface area (Å²) < 4.78 is 0. The molecule has 0 aliphatic heterocycles. The normalized spacial score (nSPS) is 10.2. The topological polar surface area (TPSA) is 66.7 Å². The van der Waals surface area contributed by atoms with Crippen LogP contribution in [0.4, 0.5) is 11.5 Å². The highest BCUT2D eigenvalue weighted by atomic mass is 15.0. The van der Waals surface area contributed by atoms with Crippen LogP contribution in [0.1, 0.15) is 11.1 Å². The van der Waals surface area contributed by atoms with E-state index in [1.54, 1.807) is 6.20 Å². The van der Waals surface area contributed by atoms with Crippen LogP contribution in [-0.2, 0) is 6.54 Å². The van der Waals surface area contributed by atoms with Crippen molar-refractivity contribution in [1.82, 2.24) is 9.97 Å². The molecule has 0 aromatic carbocycles. The molecular weight excluding hydrogens is 188 g/mol. The van der Waals surface area contributed by atoms with Crippen LogP contribution in [0.2, 0.25) is 0 Å². The van der Waals surface area contributed by atoms with Crippen molar-refractivity contribution in [2.24, 2.45) is 0 Å². The Hall–Kier alpha value is -1.97. The number of aromatic nitrogens is 2. The molecule has 78 valence electrons. The lowest BCUT2D eigenvalue weighted by atomic mass is 10.2. The minimum atomic E-state index is 0.694. The van der Waals surface area contributed by atoms with Gasteiger partial charge in [-0.3, -0.25) is 0 Å². The number of anilines is 2. The number of nitrogens with one attached hydrogen (secondary N) is 2. The number of aryl methyl sites for hydroxylation is 1. The van der Waals surface area contributed by atoms with E-state index < -0.39 is 0 Å². The molecule has 4 N–H and O–H groups in total. The van der Waals surface area contributed by atoms with Crippen molar-refractivity contribution in [3.63, 3.8) is 0 Å². The van der Waals surface area contributed by atoms with E-state index in [-0.39, 0.29) is 0 Å². The van der Waals surface area contributed by atoms with Gasteiger partial charge in [0.1, 0.15) is 5.82 Å². The van der Waals surface area contributed by atoms with Gasteiger partial charge in [-0.2, -0.15) is 0 Å². The molecule has 0 fully saturated rings. The molecule has 0 bridgehead atoms. The van der Waals surface area contributed by atoms with Crippen LogP contribution in [0.5, 0.6) is 0 Å². The van der Waals surface area contributed by atoms with Gasteiger partial charge >= 0.3 is 0 Å². The zero-order valence-corrected chi connectivity index (χ0v) is 8.62. The Kier molecular flexibility index (Phi) is 2.58. The van der Waals surface area contributed by atoms with Crippen LogP contribution < -0.4 is 11.1 Å². The summed E-state index contributed by atoms with van der Waals surface area (Å²) in [6, 6.07) is 3.94. The lowest BCUT2D eigenvalue weighted by molar-refractivity contribution is 1.10. The second-order valence-corrected chi connectivity index (χ2v) is 3.51. The van der Waals surface area contributed by atoms with E-state index in [9.17, 15) is 0 Å². The minimum Gasteiger partial charge on any atom is -0.397 e. The van der Waals surface area contributed by atoms with Gasteiger partial charge in [-0.1, -0.05) is 0 Å². The summed E-state index contributed by atoms with van der Waals surface area (Å²) >= 11 is 0. The first-order chi connectivity index (χ1) is 7.25. The summed E-state index contributed by atoms with van der Waals surface area (Å²) in [5, 5.41) is 3.26. The largest absolute Gasteiger partial charge is 0.397 e. The second kappa shape index (κ2) is 4.04. The summed E-state index contributed by atoms with van der Waals surface area (Å²) in [6.45, 7) is 2.75. The van der Waals surface area contributed by atoms with Crippen LogP contribution in [-0.4, -0.2) is 9.97 Å². The summed E-state index contributed by atoms with van der Waals surface area (Å²) in [4.78, 5) is 7.24. The van der Waals surface area contributed by atoms with Crippen LogP contribution in [0.3, 0.4) is 0 Å². The van der Waals surface area contributed by atoms with Gasteiger partial charge in [0, 0.05) is 18.9 Å². The summed E-state index contributed by atoms with van der Waals surface area (Å²) in [6.07, 6.45) is 5.52. The highest BCUT2D eigenvalue weighted by Crippen LogP contribution is 2.14. The zero-order valence-electron chi connectivity index (χ0n) is 8.62. The molecule has 0 amide bonds. The smallest absolute Gasteiger partial charge is 0.129 e. The number of nitrogen functional groups attached to an aromatic ring is 1. The Morgan fingerprint density at radius 3 is 3.07 bits per heavy atom. The molecule has 0 aliphatic rings. The molecule has 4 heteroatoms. The molecule has 0 radical (unpaired) electrons. The number of H-pyrrole nitrogens is 1. The van der Waals surface area contributed by atoms with Gasteiger partial charge in [0.15, 0.2) is 0 Å². The van der Waals surface area contributed by atoms with E-state index in [2.05, 4.69) is 15.3 Å². The van der Waals surface area contributed by atoms with Gasteiger partial charge in [0.05, 0.1) is 11.9 Å². The van der Waals surface area contributed by atoms with Crippen LogP contribution in [0, 0.1) is 6.92 Å².